The molecular formula is C60H86N13O15P. The number of amides is 7. The maximum atomic E-state index is 14.3. The molecule has 6 aliphatic rings. The molecule has 486 valence electrons. The lowest BCUT2D eigenvalue weighted by molar-refractivity contribution is -0.124. The Morgan fingerprint density at radius 1 is 0.831 bits per heavy atom. The maximum absolute atomic E-state index is 14.3. The van der Waals surface area contributed by atoms with Crippen molar-refractivity contribution in [1.29, 1.82) is 0 Å². The second-order valence-corrected chi connectivity index (χ2v) is 27.7. The van der Waals surface area contributed by atoms with E-state index in [1.165, 1.54) is 36.0 Å². The number of hydrogen-bond donors (Lipinski definition) is 12. The minimum atomic E-state index is -5.09. The highest BCUT2D eigenvalue weighted by Crippen LogP contribution is 2.63. The number of aliphatic hydroxyl groups is 2. The van der Waals surface area contributed by atoms with Crippen LogP contribution >= 0.6 is 7.82 Å². The van der Waals surface area contributed by atoms with Crippen molar-refractivity contribution < 1.29 is 72.1 Å². The molecule has 0 saturated carbocycles. The van der Waals surface area contributed by atoms with Gasteiger partial charge in [-0.3, -0.25) is 57.6 Å². The summed E-state index contributed by atoms with van der Waals surface area (Å²) in [6, 6.07) is 3.27. The van der Waals surface area contributed by atoms with E-state index in [1.807, 2.05) is 61.5 Å². The van der Waals surface area contributed by atoms with Crippen molar-refractivity contribution in [2.24, 2.45) is 94.7 Å². The highest BCUT2D eigenvalue weighted by molar-refractivity contribution is 7.47. The van der Waals surface area contributed by atoms with Gasteiger partial charge in [0.25, 0.3) is 0 Å². The minimum absolute atomic E-state index is 0.0233. The molecule has 15 atom stereocenters. The molecule has 2 fully saturated rings. The Labute approximate surface area is 515 Å². The number of nitrogens with two attached hydrogens (primary N) is 6. The van der Waals surface area contributed by atoms with Gasteiger partial charge in [0, 0.05) is 137 Å². The number of primary amides is 6. The normalized spacial score (nSPS) is 33.1. The van der Waals surface area contributed by atoms with Gasteiger partial charge in [0.15, 0.2) is 6.23 Å². The van der Waals surface area contributed by atoms with E-state index in [2.05, 4.69) is 15.6 Å². The van der Waals surface area contributed by atoms with E-state index in [4.69, 9.17) is 63.2 Å². The number of aliphatic hydroxyl groups excluding tert-OH is 2. The predicted molar refractivity (Wildman–Crippen MR) is 326 cm³/mol. The zero-order chi connectivity index (χ0) is 65.8. The Hall–Kier alpha value is -7.20. The van der Waals surface area contributed by atoms with Gasteiger partial charge in [0.1, 0.15) is 24.1 Å². The van der Waals surface area contributed by atoms with Crippen molar-refractivity contribution in [3.05, 3.63) is 58.8 Å². The van der Waals surface area contributed by atoms with E-state index < -0.39 is 143 Å². The topological polar surface area (TPSA) is 480 Å². The van der Waals surface area contributed by atoms with Crippen molar-refractivity contribution in [3.8, 4) is 5.75 Å². The number of aromatic nitrogens is 2. The minimum Gasteiger partial charge on any atom is -0.508 e. The first-order valence-corrected chi connectivity index (χ1v) is 31.4. The molecule has 29 heteroatoms. The van der Waals surface area contributed by atoms with Crippen LogP contribution in [0.2, 0.25) is 0 Å². The second-order valence-electron chi connectivity index (χ2n) is 26.3. The van der Waals surface area contributed by atoms with Gasteiger partial charge in [-0.15, -0.1) is 0 Å². The molecule has 1 aromatic heterocycles. The van der Waals surface area contributed by atoms with Crippen molar-refractivity contribution in [3.63, 3.8) is 0 Å². The fourth-order valence-corrected chi connectivity index (χ4v) is 16.3. The Kier molecular flexibility index (Phi) is 19.2. The summed E-state index contributed by atoms with van der Waals surface area (Å²) in [4.78, 5) is 125. The zero-order valence-electron chi connectivity index (χ0n) is 51.8. The number of phenolic OH excluding ortho intramolecular Hbond substituents is 1. The third-order valence-electron chi connectivity index (χ3n) is 20.0. The smallest absolute Gasteiger partial charge is 0.472 e. The van der Waals surface area contributed by atoms with Crippen LogP contribution in [-0.2, 0) is 51.9 Å². The molecule has 8 rings (SSSR count). The van der Waals surface area contributed by atoms with Gasteiger partial charge in [-0.2, -0.15) is 0 Å². The number of aliphatic imine (C=N–C) groups is 3. The average molecular weight is 1260 g/mol. The number of carbonyl (C=O) groups excluding carboxylic acids is 7. The van der Waals surface area contributed by atoms with Crippen LogP contribution in [0.15, 0.2) is 73.8 Å². The van der Waals surface area contributed by atoms with Crippen LogP contribution in [-0.4, -0.2) is 137 Å². The molecule has 0 aliphatic carbocycles. The molecule has 28 nitrogen and oxygen atoms in total. The summed E-state index contributed by atoms with van der Waals surface area (Å²) in [6.07, 6.45) is -4.72. The molecule has 2 saturated heterocycles. The van der Waals surface area contributed by atoms with E-state index in [1.54, 1.807) is 0 Å². The predicted octanol–water partition coefficient (Wildman–Crippen LogP) is 2.25. The number of fused-ring (bicyclic) bond motifs is 7. The van der Waals surface area contributed by atoms with E-state index in [9.17, 15) is 58.3 Å². The van der Waals surface area contributed by atoms with Gasteiger partial charge in [-0.05, 0) is 82.7 Å². The molecule has 89 heavy (non-hydrogen) atoms. The standard InChI is InChI=1S/C60H86N13O15P/c1-28(87-89(84,85)88-51-39(26-74)86-55(50(51)83)73-27-68-37-20-31(75)10-14-38(37)73)25-67-47(82)18-19-57(6)35(21-44(64)79)54-60(9)59(8,24-46(66)81)34(13-17-43(63)78)49(72-60)30(3)53-58(7,23-45(65)80)32(11-15-41(61)76)36(69-53)22-40-56(4,5)33(12-16-42(62)77)48(70-40)29(2)52(57)71-54/h10,14,20,22,27-28,32-35,39,50-51,54-55,69,74-75,83H,11-13,15-19,21,23-26H2,1-9H3,(H2,61,76)(H2,62,77)(H2,63,78)(H2,64,79)(H2,65,80)(H2,66,81)(H,67,82)(H,84,85)/b36-22?,48-29?,53-30-/t28-,32-,33-,34-,35+,39-,50-,51-,54-,55+,57-,58+,59+,60+/m1/s1. The lowest BCUT2D eigenvalue weighted by atomic mass is 9.55. The second kappa shape index (κ2) is 25.2. The quantitative estimate of drug-likeness (QED) is 0.0601. The summed E-state index contributed by atoms with van der Waals surface area (Å²) < 4.78 is 31.9. The Morgan fingerprint density at radius 3 is 2.04 bits per heavy atom. The third-order valence-corrected chi connectivity index (χ3v) is 21.1. The fourth-order valence-electron chi connectivity index (χ4n) is 15.2. The molecule has 6 aliphatic heterocycles. The Balaban J connectivity index is 1.20. The Bertz CT molecular complexity index is 3480. The van der Waals surface area contributed by atoms with E-state index in [-0.39, 0.29) is 82.9 Å². The highest BCUT2D eigenvalue weighted by Gasteiger charge is 2.66. The van der Waals surface area contributed by atoms with Gasteiger partial charge in [0.05, 0.1) is 41.7 Å². The number of imidazole rings is 1. The van der Waals surface area contributed by atoms with Crippen molar-refractivity contribution in [2.45, 2.75) is 175 Å². The van der Waals surface area contributed by atoms with E-state index in [0.717, 1.165) is 0 Å². The average Bonchev–Trinajstić information content (AvgIpc) is 1.54. The number of carbonyl (C=O) groups is 7. The van der Waals surface area contributed by atoms with Crippen LogP contribution in [0.3, 0.4) is 0 Å². The molecule has 0 spiro atoms. The van der Waals surface area contributed by atoms with Gasteiger partial charge in [-0.25, -0.2) is 9.55 Å². The van der Waals surface area contributed by atoms with Gasteiger partial charge in [-0.1, -0.05) is 34.6 Å². The van der Waals surface area contributed by atoms with Crippen molar-refractivity contribution in [1.82, 2.24) is 20.2 Å². The molecule has 7 heterocycles. The zero-order valence-corrected chi connectivity index (χ0v) is 52.7. The molecule has 18 N–H and O–H groups in total. The Morgan fingerprint density at radius 2 is 1.45 bits per heavy atom. The number of benzene rings is 1. The van der Waals surface area contributed by atoms with E-state index in [0.29, 0.717) is 56.4 Å². The molecule has 8 bridgehead atoms. The SMILES string of the molecule is CC1=C2N=C(C=C3N/C(=C(/C)C4=N[C@@](C)([C@@H]5N=C1[C@](C)(CCC(=O)NC[C@@H](C)OP(=O)(O)O[C@H]1[C@@H](O)[C@@H](n6cnc7cc(O)ccc76)O[C@@H]1CO)[C@H]5CC(N)=O)[C@@](C)(CC(N)=O)[C@@H]4CCC(N)=O)[C@@](C)(CC(N)=O)[C@@H]3CCC(N)=O)C(C)(C)[C@@H]2CCC(N)=O. The molecule has 7 amide bonds. The highest BCUT2D eigenvalue weighted by atomic mass is 31.2. The largest absolute Gasteiger partial charge is 0.508 e. The number of nitrogens with zero attached hydrogens (tertiary/aromatic N) is 5. The van der Waals surface area contributed by atoms with Gasteiger partial charge < -0.3 is 74.6 Å². The number of rotatable bonds is 26. The molecular weight excluding hydrogens is 1170 g/mol. The summed E-state index contributed by atoms with van der Waals surface area (Å²) >= 11 is 0. The lowest BCUT2D eigenvalue weighted by Crippen LogP contribution is -2.56. The number of ether oxygens (including phenoxy) is 1. The fraction of sp³-hybridized carbons (Fsp3) is 0.617. The first-order chi connectivity index (χ1) is 41.4. The number of allylic oxidation sites excluding steroid dienone is 6. The molecule has 0 radical (unpaired) electrons. The van der Waals surface area contributed by atoms with Gasteiger partial charge in [0.2, 0.25) is 41.4 Å². The molecule has 1 unspecified atom stereocenters. The lowest BCUT2D eigenvalue weighted by Gasteiger charge is -2.48. The van der Waals surface area contributed by atoms with Crippen LogP contribution in [0.4, 0.5) is 0 Å². The summed E-state index contributed by atoms with van der Waals surface area (Å²) in [6.45, 7) is 15.3. The summed E-state index contributed by atoms with van der Waals surface area (Å²) in [7, 11) is -5.09. The summed E-state index contributed by atoms with van der Waals surface area (Å²) in [5.41, 5.74) is 34.8. The number of hydrogen-bond acceptors (Lipinski definition) is 19. The van der Waals surface area contributed by atoms with Crippen LogP contribution in [0.1, 0.15) is 139 Å². The van der Waals surface area contributed by atoms with Crippen LogP contribution in [0.25, 0.3) is 11.0 Å². The summed E-state index contributed by atoms with van der Waals surface area (Å²) in [5.74, 6) is -7.31. The van der Waals surface area contributed by atoms with Crippen molar-refractivity contribution >= 4 is 77.3 Å². The van der Waals surface area contributed by atoms with Crippen LogP contribution < -0.4 is 45.0 Å². The first kappa shape index (κ1) is 67.7. The first-order valence-electron chi connectivity index (χ1n) is 29.9. The monoisotopic (exact) mass is 1260 g/mol. The maximum Gasteiger partial charge on any atom is 0.472 e. The van der Waals surface area contributed by atoms with Crippen LogP contribution in [0.5, 0.6) is 5.75 Å². The third kappa shape index (κ3) is 13.0. The van der Waals surface area contributed by atoms with Gasteiger partial charge >= 0.3 is 7.82 Å². The number of phenols is 1. The molecule has 2 aromatic rings. The number of phosphoric ester groups is 1. The number of nitrogens with one attached hydrogen (secondary N) is 2. The number of phosphoric acid groups is 1. The number of aromatic hydroxyl groups is 1. The van der Waals surface area contributed by atoms with Crippen molar-refractivity contribution in [2.75, 3.05) is 13.2 Å². The summed E-state index contributed by atoms with van der Waals surface area (Å²) in [5, 5.41) is 37.9. The molecule has 1 aromatic carbocycles. The van der Waals surface area contributed by atoms with Crippen LogP contribution in [0, 0.1) is 45.3 Å². The van der Waals surface area contributed by atoms with E-state index >= 15 is 0 Å².